The highest BCUT2D eigenvalue weighted by atomic mass is 19.4. The van der Waals surface area contributed by atoms with Crippen molar-refractivity contribution in [1.82, 2.24) is 14.5 Å². The van der Waals surface area contributed by atoms with E-state index in [4.69, 9.17) is 10.00 Å². The van der Waals surface area contributed by atoms with E-state index in [0.29, 0.717) is 0 Å². The van der Waals surface area contributed by atoms with E-state index in [2.05, 4.69) is 14.7 Å². The molecule has 0 aliphatic heterocycles. The van der Waals surface area contributed by atoms with Crippen molar-refractivity contribution in [2.75, 3.05) is 0 Å². The van der Waals surface area contributed by atoms with Crippen molar-refractivity contribution in [2.45, 2.75) is 6.36 Å². The highest BCUT2D eigenvalue weighted by molar-refractivity contribution is 5.48. The average molecular weight is 378 g/mol. The summed E-state index contributed by atoms with van der Waals surface area (Å²) < 4.78 is 47.4. The number of hydrogen-bond acceptors (Lipinski definition) is 6. The highest BCUT2D eigenvalue weighted by Gasteiger charge is 2.32. The molecule has 8 nitrogen and oxygen atoms in total. The Bertz CT molecular complexity index is 1060. The van der Waals surface area contributed by atoms with E-state index >= 15 is 0 Å². The fourth-order valence-electron chi connectivity index (χ4n) is 2.16. The topological polar surface area (TPSA) is 113 Å². The Morgan fingerprint density at radius 1 is 1.26 bits per heavy atom. The molecule has 2 N–H and O–H groups in total. The number of pyridine rings is 1. The maximum atomic E-state index is 12.4. The zero-order valence-electron chi connectivity index (χ0n) is 13.2. The molecule has 0 radical (unpaired) electrons. The highest BCUT2D eigenvalue weighted by Crippen LogP contribution is 2.31. The normalized spacial score (nSPS) is 11.0. The second kappa shape index (κ2) is 6.75. The maximum absolute atomic E-state index is 12.4. The number of alkyl halides is 3. The Labute approximate surface area is 148 Å². The van der Waals surface area contributed by atoms with Crippen LogP contribution in [0.1, 0.15) is 5.56 Å². The Balaban J connectivity index is 1.84. The predicted octanol–water partition coefficient (Wildman–Crippen LogP) is 2.83. The molecule has 0 aliphatic rings. The summed E-state index contributed by atoms with van der Waals surface area (Å²) >= 11 is 0. The van der Waals surface area contributed by atoms with Crippen molar-refractivity contribution in [2.24, 2.45) is 0 Å². The third kappa shape index (κ3) is 4.01. The van der Waals surface area contributed by atoms with Gasteiger partial charge < -0.3 is 19.6 Å². The molecule has 0 unspecified atom stereocenters. The van der Waals surface area contributed by atoms with Crippen molar-refractivity contribution < 1.29 is 27.8 Å². The maximum Gasteiger partial charge on any atom is 0.573 e. The molecule has 1 aromatic carbocycles. The number of H-pyrrole nitrogens is 1. The summed E-state index contributed by atoms with van der Waals surface area (Å²) in [5.41, 5.74) is -0.652. The third-order valence-electron chi connectivity index (χ3n) is 3.26. The summed E-state index contributed by atoms with van der Waals surface area (Å²) in [6, 6.07) is 7.64. The molecule has 0 aliphatic carbocycles. The Kier molecular flexibility index (Phi) is 4.47. The molecule has 3 rings (SSSR count). The fourth-order valence-corrected chi connectivity index (χ4v) is 2.16. The first-order valence-corrected chi connectivity index (χ1v) is 7.20. The van der Waals surface area contributed by atoms with Crippen molar-refractivity contribution in [3.63, 3.8) is 0 Å². The molecule has 0 fully saturated rings. The number of rotatable bonds is 4. The number of hydrogen-bond donors (Lipinski definition) is 2. The molecule has 0 saturated carbocycles. The largest absolute Gasteiger partial charge is 0.573 e. The lowest BCUT2D eigenvalue weighted by Crippen LogP contribution is -2.17. The number of aromatic nitrogens is 3. The summed E-state index contributed by atoms with van der Waals surface area (Å²) in [4.78, 5) is 17.8. The van der Waals surface area contributed by atoms with Crippen molar-refractivity contribution in [3.05, 3.63) is 58.8 Å². The minimum atomic E-state index is -4.96. The Morgan fingerprint density at radius 2 is 2.04 bits per heavy atom. The smallest absolute Gasteiger partial charge is 0.493 e. The second-order valence-corrected chi connectivity index (χ2v) is 5.06. The monoisotopic (exact) mass is 378 g/mol. The van der Waals surface area contributed by atoms with Crippen LogP contribution in [-0.4, -0.2) is 26.0 Å². The minimum absolute atomic E-state index is 0.00416. The quantitative estimate of drug-likeness (QED) is 0.722. The molecular formula is C16H9F3N4O4. The number of benzene rings is 1. The first kappa shape index (κ1) is 17.9. The summed E-state index contributed by atoms with van der Waals surface area (Å²) in [5, 5.41) is 18.5. The minimum Gasteiger partial charge on any atom is -0.493 e. The molecule has 3 aromatic rings. The van der Waals surface area contributed by atoms with Gasteiger partial charge in [0, 0.05) is 12.1 Å². The van der Waals surface area contributed by atoms with Crippen LogP contribution >= 0.6 is 0 Å². The molecular weight excluding hydrogens is 369 g/mol. The molecule has 2 aromatic heterocycles. The average Bonchev–Trinajstić information content (AvgIpc) is 2.93. The Morgan fingerprint density at radius 3 is 2.59 bits per heavy atom. The molecule has 0 saturated heterocycles. The van der Waals surface area contributed by atoms with Gasteiger partial charge in [0.1, 0.15) is 11.8 Å². The van der Waals surface area contributed by atoms with E-state index in [0.717, 1.165) is 22.9 Å². The number of nitriles is 1. The van der Waals surface area contributed by atoms with E-state index in [1.165, 1.54) is 24.4 Å². The van der Waals surface area contributed by atoms with Gasteiger partial charge in [-0.05, 0) is 18.2 Å². The summed E-state index contributed by atoms with van der Waals surface area (Å²) in [6.07, 6.45) is -2.64. The van der Waals surface area contributed by atoms with Crippen LogP contribution in [0.3, 0.4) is 0 Å². The number of nitrogens with zero attached hydrogens (tertiary/aromatic N) is 3. The number of aromatic amines is 1. The van der Waals surface area contributed by atoms with Gasteiger partial charge in [0.05, 0.1) is 23.6 Å². The number of halogens is 3. The lowest BCUT2D eigenvalue weighted by Gasteiger charge is -2.12. The van der Waals surface area contributed by atoms with Crippen LogP contribution in [0.25, 0.3) is 5.69 Å². The van der Waals surface area contributed by atoms with Gasteiger partial charge in [0.2, 0.25) is 11.8 Å². The van der Waals surface area contributed by atoms with Crippen LogP contribution in [-0.2, 0) is 0 Å². The first-order valence-electron chi connectivity index (χ1n) is 7.20. The number of ether oxygens (including phenoxy) is 2. The summed E-state index contributed by atoms with van der Waals surface area (Å²) in [5.74, 6) is -1.07. The molecule has 138 valence electrons. The second-order valence-electron chi connectivity index (χ2n) is 5.06. The van der Waals surface area contributed by atoms with Gasteiger partial charge in [-0.2, -0.15) is 5.26 Å². The zero-order chi connectivity index (χ0) is 19.6. The number of nitrogens with one attached hydrogen (secondary N) is 1. The van der Waals surface area contributed by atoms with Gasteiger partial charge in [-0.1, -0.05) is 0 Å². The van der Waals surface area contributed by atoms with Crippen molar-refractivity contribution in [1.29, 1.82) is 5.26 Å². The van der Waals surface area contributed by atoms with Gasteiger partial charge in [0.25, 0.3) is 0 Å². The molecule has 0 bridgehead atoms. The van der Waals surface area contributed by atoms with Gasteiger partial charge >= 0.3 is 12.1 Å². The molecule has 0 atom stereocenters. The Hall–Kier alpha value is -3.94. The van der Waals surface area contributed by atoms with Crippen LogP contribution in [0, 0.1) is 11.3 Å². The molecule has 0 amide bonds. The number of aromatic hydroxyl groups is 1. The zero-order valence-corrected chi connectivity index (χ0v) is 13.2. The van der Waals surface area contributed by atoms with Crippen LogP contribution in [0.5, 0.6) is 23.3 Å². The van der Waals surface area contributed by atoms with E-state index < -0.39 is 17.8 Å². The van der Waals surface area contributed by atoms with Crippen LogP contribution < -0.4 is 15.2 Å². The van der Waals surface area contributed by atoms with E-state index in [9.17, 15) is 23.1 Å². The van der Waals surface area contributed by atoms with Crippen molar-refractivity contribution in [3.8, 4) is 35.0 Å². The SMILES string of the molecule is N#Cc1ccc(Oc2ccc(-n3c(O)c[nH]c3=O)cn2)cc1OC(F)(F)F. The molecule has 0 spiro atoms. The van der Waals surface area contributed by atoms with Gasteiger partial charge in [0.15, 0.2) is 5.75 Å². The lowest BCUT2D eigenvalue weighted by molar-refractivity contribution is -0.274. The van der Waals surface area contributed by atoms with Crippen LogP contribution in [0.15, 0.2) is 47.5 Å². The predicted molar refractivity (Wildman–Crippen MR) is 83.8 cm³/mol. The number of imidazole rings is 1. The summed E-state index contributed by atoms with van der Waals surface area (Å²) in [6.45, 7) is 0. The first-order chi connectivity index (χ1) is 12.8. The molecule has 2 heterocycles. The van der Waals surface area contributed by atoms with Gasteiger partial charge in [-0.3, -0.25) is 0 Å². The molecule has 11 heteroatoms. The van der Waals surface area contributed by atoms with Crippen molar-refractivity contribution >= 4 is 0 Å². The van der Waals surface area contributed by atoms with E-state index in [-0.39, 0.29) is 28.8 Å². The van der Waals surface area contributed by atoms with Gasteiger partial charge in [-0.15, -0.1) is 13.2 Å². The van der Waals surface area contributed by atoms with E-state index in [1.54, 1.807) is 6.07 Å². The van der Waals surface area contributed by atoms with E-state index in [1.807, 2.05) is 0 Å². The standard InChI is InChI=1S/C16H9F3N4O4/c17-16(18,19)27-12-5-11(3-1-9(12)6-20)26-13-4-2-10(7-21-13)23-14(24)8-22-15(23)25/h1-5,7-8,24H,(H,22,25). The fraction of sp³-hybridized carbons (Fsp3) is 0.0625. The lowest BCUT2D eigenvalue weighted by atomic mass is 10.2. The third-order valence-corrected chi connectivity index (χ3v) is 3.26. The van der Waals surface area contributed by atoms with Gasteiger partial charge in [-0.25, -0.2) is 14.3 Å². The van der Waals surface area contributed by atoms with Crippen LogP contribution in [0.2, 0.25) is 0 Å². The van der Waals surface area contributed by atoms with Crippen LogP contribution in [0.4, 0.5) is 13.2 Å². The molecule has 27 heavy (non-hydrogen) atoms. The summed E-state index contributed by atoms with van der Waals surface area (Å²) in [7, 11) is 0.